The number of allylic oxidation sites excluding steroid dienone is 5. The van der Waals surface area contributed by atoms with E-state index >= 15 is 0 Å². The molecule has 0 N–H and O–H groups in total. The minimum absolute atomic E-state index is 1.29. The van der Waals surface area contributed by atoms with Crippen LogP contribution in [0.3, 0.4) is 0 Å². The second-order valence-corrected chi connectivity index (χ2v) is 3.08. The van der Waals surface area contributed by atoms with E-state index in [1.54, 1.807) is 0 Å². The standard InChI is InChI=1S/C10H15N/c1-8-5-6-11(4)10(3)7-9(8)2/h5-7H,1-4H3. The van der Waals surface area contributed by atoms with Gasteiger partial charge in [-0.2, -0.15) is 0 Å². The third-order valence-electron chi connectivity index (χ3n) is 2.15. The Morgan fingerprint density at radius 3 is 2.36 bits per heavy atom. The number of rotatable bonds is 0. The second-order valence-electron chi connectivity index (χ2n) is 3.08. The maximum atomic E-state index is 2.20. The minimum Gasteiger partial charge on any atom is -0.355 e. The van der Waals surface area contributed by atoms with E-state index in [0.717, 1.165) is 0 Å². The lowest BCUT2D eigenvalue weighted by molar-refractivity contribution is 0.571. The first-order valence-corrected chi connectivity index (χ1v) is 3.88. The van der Waals surface area contributed by atoms with Crippen molar-refractivity contribution in [2.45, 2.75) is 20.8 Å². The molecular weight excluding hydrogens is 134 g/mol. The molecule has 11 heavy (non-hydrogen) atoms. The molecule has 0 aromatic carbocycles. The molecular formula is C10H15N. The van der Waals surface area contributed by atoms with Gasteiger partial charge >= 0.3 is 0 Å². The monoisotopic (exact) mass is 149 g/mol. The van der Waals surface area contributed by atoms with E-state index in [1.165, 1.54) is 16.8 Å². The fourth-order valence-corrected chi connectivity index (χ4v) is 1.00. The molecule has 0 saturated heterocycles. The van der Waals surface area contributed by atoms with Gasteiger partial charge in [-0.15, -0.1) is 0 Å². The van der Waals surface area contributed by atoms with E-state index in [0.29, 0.717) is 0 Å². The Kier molecular flexibility index (Phi) is 2.18. The molecule has 1 rings (SSSR count). The summed E-state index contributed by atoms with van der Waals surface area (Å²) in [7, 11) is 2.06. The van der Waals surface area contributed by atoms with Crippen molar-refractivity contribution >= 4 is 0 Å². The predicted molar refractivity (Wildman–Crippen MR) is 49.0 cm³/mol. The van der Waals surface area contributed by atoms with Crippen LogP contribution in [0.15, 0.2) is 35.2 Å². The lowest BCUT2D eigenvalue weighted by Crippen LogP contribution is -2.05. The molecule has 0 unspecified atom stereocenters. The van der Waals surface area contributed by atoms with Crippen LogP contribution in [0.4, 0.5) is 0 Å². The molecule has 0 atom stereocenters. The van der Waals surface area contributed by atoms with Gasteiger partial charge in [-0.1, -0.05) is 0 Å². The van der Waals surface area contributed by atoms with E-state index in [1.807, 2.05) is 0 Å². The molecule has 60 valence electrons. The van der Waals surface area contributed by atoms with Crippen molar-refractivity contribution in [3.8, 4) is 0 Å². The Morgan fingerprint density at radius 2 is 1.73 bits per heavy atom. The molecule has 0 aromatic rings. The van der Waals surface area contributed by atoms with Gasteiger partial charge in [0.05, 0.1) is 0 Å². The maximum absolute atomic E-state index is 2.20. The highest BCUT2D eigenvalue weighted by atomic mass is 15.1. The smallest absolute Gasteiger partial charge is 0.0142 e. The predicted octanol–water partition coefficient (Wildman–Crippen LogP) is 2.69. The second kappa shape index (κ2) is 2.95. The van der Waals surface area contributed by atoms with Gasteiger partial charge in [0.25, 0.3) is 0 Å². The van der Waals surface area contributed by atoms with Crippen LogP contribution in [0, 0.1) is 0 Å². The van der Waals surface area contributed by atoms with Crippen molar-refractivity contribution in [3.63, 3.8) is 0 Å². The third-order valence-corrected chi connectivity index (χ3v) is 2.15. The van der Waals surface area contributed by atoms with E-state index in [9.17, 15) is 0 Å². The Hall–Kier alpha value is -0.980. The molecule has 1 nitrogen and oxygen atoms in total. The molecule has 0 radical (unpaired) electrons. The average Bonchev–Trinajstić information content (AvgIpc) is 2.05. The summed E-state index contributed by atoms with van der Waals surface area (Å²) < 4.78 is 0. The van der Waals surface area contributed by atoms with Crippen molar-refractivity contribution in [2.24, 2.45) is 0 Å². The first-order valence-electron chi connectivity index (χ1n) is 3.88. The van der Waals surface area contributed by atoms with E-state index in [-0.39, 0.29) is 0 Å². The van der Waals surface area contributed by atoms with Gasteiger partial charge in [-0.25, -0.2) is 0 Å². The zero-order valence-electron chi connectivity index (χ0n) is 7.68. The van der Waals surface area contributed by atoms with Crippen LogP contribution >= 0.6 is 0 Å². The number of hydrogen-bond donors (Lipinski definition) is 0. The Bertz CT molecular complexity index is 244. The van der Waals surface area contributed by atoms with Crippen molar-refractivity contribution in [1.29, 1.82) is 0 Å². The van der Waals surface area contributed by atoms with Crippen molar-refractivity contribution in [3.05, 3.63) is 35.2 Å². The number of nitrogens with zero attached hydrogens (tertiary/aromatic N) is 1. The topological polar surface area (TPSA) is 3.24 Å². The van der Waals surface area contributed by atoms with Gasteiger partial charge in [0.15, 0.2) is 0 Å². The van der Waals surface area contributed by atoms with Crippen LogP contribution in [-0.2, 0) is 0 Å². The fraction of sp³-hybridized carbons (Fsp3) is 0.400. The molecule has 1 heterocycles. The van der Waals surface area contributed by atoms with Crippen molar-refractivity contribution in [1.82, 2.24) is 4.90 Å². The first kappa shape index (κ1) is 8.12. The van der Waals surface area contributed by atoms with Crippen LogP contribution in [0.2, 0.25) is 0 Å². The average molecular weight is 149 g/mol. The fourth-order valence-electron chi connectivity index (χ4n) is 1.00. The SMILES string of the molecule is CC1=CC(C)=C(C)C=CN1C. The van der Waals surface area contributed by atoms with Crippen LogP contribution in [0.1, 0.15) is 20.8 Å². The molecule has 0 fully saturated rings. The van der Waals surface area contributed by atoms with E-state index < -0.39 is 0 Å². The van der Waals surface area contributed by atoms with Crippen molar-refractivity contribution < 1.29 is 0 Å². The first-order chi connectivity index (χ1) is 5.11. The van der Waals surface area contributed by atoms with Gasteiger partial charge in [-0.3, -0.25) is 0 Å². The molecule has 1 aliphatic heterocycles. The molecule has 0 saturated carbocycles. The van der Waals surface area contributed by atoms with Crippen LogP contribution in [-0.4, -0.2) is 11.9 Å². The third kappa shape index (κ3) is 1.73. The summed E-state index contributed by atoms with van der Waals surface area (Å²) in [4.78, 5) is 2.12. The molecule has 1 heteroatoms. The lowest BCUT2D eigenvalue weighted by Gasteiger charge is -2.12. The van der Waals surface area contributed by atoms with Crippen LogP contribution in [0.25, 0.3) is 0 Å². The maximum Gasteiger partial charge on any atom is 0.0142 e. The summed E-state index contributed by atoms with van der Waals surface area (Å²) in [5.41, 5.74) is 3.98. The summed E-state index contributed by atoms with van der Waals surface area (Å²) in [5.74, 6) is 0. The zero-order chi connectivity index (χ0) is 8.43. The normalized spacial score (nSPS) is 18.5. The van der Waals surface area contributed by atoms with Gasteiger partial charge in [-0.05, 0) is 44.1 Å². The highest BCUT2D eigenvalue weighted by molar-refractivity contribution is 5.34. The quantitative estimate of drug-likeness (QED) is 0.512. The largest absolute Gasteiger partial charge is 0.355 e. The Balaban J connectivity index is 3.04. The summed E-state index contributed by atoms with van der Waals surface area (Å²) in [6, 6.07) is 0. The zero-order valence-corrected chi connectivity index (χ0v) is 7.68. The number of hydrogen-bond acceptors (Lipinski definition) is 1. The minimum atomic E-state index is 1.29. The van der Waals surface area contributed by atoms with E-state index in [4.69, 9.17) is 0 Å². The van der Waals surface area contributed by atoms with E-state index in [2.05, 4.69) is 51.1 Å². The summed E-state index contributed by atoms with van der Waals surface area (Å²) in [6.45, 7) is 6.39. The molecule has 1 aliphatic rings. The highest BCUT2D eigenvalue weighted by Crippen LogP contribution is 2.15. The lowest BCUT2D eigenvalue weighted by atomic mass is 10.1. The molecule has 0 aliphatic carbocycles. The van der Waals surface area contributed by atoms with Gasteiger partial charge < -0.3 is 4.90 Å². The van der Waals surface area contributed by atoms with Crippen LogP contribution < -0.4 is 0 Å². The van der Waals surface area contributed by atoms with Crippen LogP contribution in [0.5, 0.6) is 0 Å². The molecule has 0 bridgehead atoms. The molecule has 0 spiro atoms. The van der Waals surface area contributed by atoms with Gasteiger partial charge in [0.2, 0.25) is 0 Å². The summed E-state index contributed by atoms with van der Waals surface area (Å²) >= 11 is 0. The summed E-state index contributed by atoms with van der Waals surface area (Å²) in [6.07, 6.45) is 6.44. The summed E-state index contributed by atoms with van der Waals surface area (Å²) in [5, 5.41) is 0. The Morgan fingerprint density at radius 1 is 1.09 bits per heavy atom. The highest BCUT2D eigenvalue weighted by Gasteiger charge is 2.00. The Labute approximate surface area is 68.7 Å². The molecule has 0 amide bonds. The van der Waals surface area contributed by atoms with Gasteiger partial charge in [0.1, 0.15) is 0 Å². The van der Waals surface area contributed by atoms with Crippen molar-refractivity contribution in [2.75, 3.05) is 7.05 Å². The van der Waals surface area contributed by atoms with Gasteiger partial charge in [0, 0.05) is 18.9 Å². The molecule has 0 aromatic heterocycles.